The molecule has 0 saturated heterocycles. The van der Waals surface area contributed by atoms with Gasteiger partial charge in [0.2, 0.25) is 0 Å². The molecule has 2 aromatic carbocycles. The monoisotopic (exact) mass is 418 g/mol. The van der Waals surface area contributed by atoms with Crippen LogP contribution in [0.5, 0.6) is 0 Å². The Morgan fingerprint density at radius 2 is 1.70 bits per heavy atom. The number of carbonyl (C=O) groups excluding carboxylic acids is 2. The van der Waals surface area contributed by atoms with Crippen molar-refractivity contribution in [2.75, 3.05) is 20.2 Å². The first-order valence-electron chi connectivity index (χ1n) is 9.29. The molecular formula is C22H21F3N2O3. The highest BCUT2D eigenvalue weighted by Gasteiger charge is 2.41. The maximum absolute atomic E-state index is 13.1. The standard InChI is InChI=1S/C22H21F3N2O3/c1-14-6-8-16(9-7-14)18-19(26(2)10-11-28)21(30)27(20(18)29)13-15-4-3-5-17(12-15)22(23,24)25/h3-9,12,28H,10-11,13H2,1-2H3. The number of amides is 2. The molecule has 3 rings (SSSR count). The summed E-state index contributed by atoms with van der Waals surface area (Å²) in [5.74, 6) is -1.19. The van der Waals surface area contributed by atoms with Crippen molar-refractivity contribution in [3.05, 3.63) is 76.5 Å². The van der Waals surface area contributed by atoms with Crippen molar-refractivity contribution < 1.29 is 27.9 Å². The van der Waals surface area contributed by atoms with Crippen LogP contribution in [0.3, 0.4) is 0 Å². The smallest absolute Gasteiger partial charge is 0.395 e. The first-order chi connectivity index (χ1) is 14.1. The molecule has 5 nitrogen and oxygen atoms in total. The summed E-state index contributed by atoms with van der Waals surface area (Å²) >= 11 is 0. The van der Waals surface area contributed by atoms with Crippen LogP contribution in [0.15, 0.2) is 54.2 Å². The van der Waals surface area contributed by atoms with E-state index in [1.165, 1.54) is 17.0 Å². The number of hydrogen-bond acceptors (Lipinski definition) is 4. The molecule has 0 spiro atoms. The minimum atomic E-state index is -4.52. The van der Waals surface area contributed by atoms with E-state index in [0.29, 0.717) is 5.56 Å². The van der Waals surface area contributed by atoms with E-state index < -0.39 is 23.6 Å². The summed E-state index contributed by atoms with van der Waals surface area (Å²) in [4.78, 5) is 28.6. The largest absolute Gasteiger partial charge is 0.416 e. The maximum atomic E-state index is 13.1. The van der Waals surface area contributed by atoms with Gasteiger partial charge in [0.25, 0.3) is 11.8 Å². The molecule has 0 aromatic heterocycles. The lowest BCUT2D eigenvalue weighted by molar-refractivity contribution is -0.138. The van der Waals surface area contributed by atoms with Crippen LogP contribution in [-0.4, -0.2) is 46.9 Å². The quantitative estimate of drug-likeness (QED) is 0.732. The predicted molar refractivity (Wildman–Crippen MR) is 105 cm³/mol. The van der Waals surface area contributed by atoms with Crippen LogP contribution in [0.2, 0.25) is 0 Å². The van der Waals surface area contributed by atoms with Crippen LogP contribution >= 0.6 is 0 Å². The number of halogens is 3. The molecule has 30 heavy (non-hydrogen) atoms. The number of aryl methyl sites for hydroxylation is 1. The highest BCUT2D eigenvalue weighted by atomic mass is 19.4. The third-order valence-electron chi connectivity index (χ3n) is 4.90. The maximum Gasteiger partial charge on any atom is 0.416 e. The Kier molecular flexibility index (Phi) is 5.98. The van der Waals surface area contributed by atoms with E-state index in [9.17, 15) is 27.9 Å². The normalized spacial score (nSPS) is 14.7. The van der Waals surface area contributed by atoms with E-state index in [-0.39, 0.29) is 36.5 Å². The van der Waals surface area contributed by atoms with Crippen molar-refractivity contribution in [3.63, 3.8) is 0 Å². The molecule has 0 fully saturated rings. The van der Waals surface area contributed by atoms with E-state index >= 15 is 0 Å². The Morgan fingerprint density at radius 1 is 1.03 bits per heavy atom. The first kappa shape index (κ1) is 21.6. The fraction of sp³-hybridized carbons (Fsp3) is 0.273. The molecule has 1 heterocycles. The SMILES string of the molecule is Cc1ccc(C2=C(N(C)CCO)C(=O)N(Cc3cccc(C(F)(F)F)c3)C2=O)cc1. The van der Waals surface area contributed by atoms with Gasteiger partial charge in [-0.05, 0) is 30.2 Å². The molecule has 2 amide bonds. The van der Waals surface area contributed by atoms with E-state index in [1.54, 1.807) is 31.3 Å². The third kappa shape index (κ3) is 4.23. The number of likely N-dealkylation sites (N-methyl/N-ethyl adjacent to an activating group) is 1. The van der Waals surface area contributed by atoms with Crippen LogP contribution in [0.25, 0.3) is 5.57 Å². The Bertz CT molecular complexity index is 997. The fourth-order valence-electron chi connectivity index (χ4n) is 3.33. The van der Waals surface area contributed by atoms with Gasteiger partial charge in [0.15, 0.2) is 0 Å². The first-order valence-corrected chi connectivity index (χ1v) is 9.29. The van der Waals surface area contributed by atoms with Crippen molar-refractivity contribution >= 4 is 17.4 Å². The highest BCUT2D eigenvalue weighted by molar-refractivity contribution is 6.35. The molecule has 0 aliphatic carbocycles. The van der Waals surface area contributed by atoms with E-state index in [0.717, 1.165) is 22.6 Å². The molecule has 0 bridgehead atoms. The number of alkyl halides is 3. The fourth-order valence-corrected chi connectivity index (χ4v) is 3.33. The lowest BCUT2D eigenvalue weighted by Crippen LogP contribution is -2.34. The van der Waals surface area contributed by atoms with Crippen LogP contribution < -0.4 is 0 Å². The number of carbonyl (C=O) groups is 2. The van der Waals surface area contributed by atoms with E-state index in [2.05, 4.69) is 0 Å². The van der Waals surface area contributed by atoms with E-state index in [1.807, 2.05) is 6.92 Å². The van der Waals surface area contributed by atoms with Crippen LogP contribution in [0.4, 0.5) is 13.2 Å². The molecule has 158 valence electrons. The topological polar surface area (TPSA) is 60.9 Å². The Balaban J connectivity index is 1.99. The summed E-state index contributed by atoms with van der Waals surface area (Å²) in [6, 6.07) is 11.6. The third-order valence-corrected chi connectivity index (χ3v) is 4.90. The lowest BCUT2D eigenvalue weighted by atomic mass is 10.0. The minimum Gasteiger partial charge on any atom is -0.395 e. The van der Waals surface area contributed by atoms with Gasteiger partial charge in [-0.1, -0.05) is 42.0 Å². The molecule has 1 aliphatic rings. The van der Waals surface area contributed by atoms with Gasteiger partial charge in [-0.25, -0.2) is 0 Å². The average Bonchev–Trinajstić information content (AvgIpc) is 2.93. The zero-order valence-corrected chi connectivity index (χ0v) is 16.5. The Morgan fingerprint density at radius 3 is 2.30 bits per heavy atom. The highest BCUT2D eigenvalue weighted by Crippen LogP contribution is 2.33. The Labute approximate surface area is 172 Å². The summed E-state index contributed by atoms with van der Waals surface area (Å²) < 4.78 is 39.1. The van der Waals surface area contributed by atoms with Crippen LogP contribution in [0.1, 0.15) is 22.3 Å². The van der Waals surface area contributed by atoms with Gasteiger partial charge in [-0.2, -0.15) is 13.2 Å². The summed E-state index contributed by atoms with van der Waals surface area (Å²) in [5, 5.41) is 9.27. The minimum absolute atomic E-state index is 0.116. The summed E-state index contributed by atoms with van der Waals surface area (Å²) in [6.07, 6.45) is -4.52. The molecular weight excluding hydrogens is 397 g/mol. The Hall–Kier alpha value is -3.13. The molecule has 2 aromatic rings. The number of hydrogen-bond donors (Lipinski definition) is 1. The van der Waals surface area contributed by atoms with Crippen molar-refractivity contribution in [2.24, 2.45) is 0 Å². The second-order valence-corrected chi connectivity index (χ2v) is 7.13. The molecule has 1 aliphatic heterocycles. The van der Waals surface area contributed by atoms with Crippen molar-refractivity contribution in [3.8, 4) is 0 Å². The second-order valence-electron chi connectivity index (χ2n) is 7.13. The number of imide groups is 1. The van der Waals surface area contributed by atoms with Gasteiger partial charge in [-0.15, -0.1) is 0 Å². The number of aliphatic hydroxyl groups excluding tert-OH is 1. The van der Waals surface area contributed by atoms with E-state index in [4.69, 9.17) is 0 Å². The second kappa shape index (κ2) is 8.31. The summed E-state index contributed by atoms with van der Waals surface area (Å²) in [5.41, 5.74) is 1.14. The molecule has 0 unspecified atom stereocenters. The van der Waals surface area contributed by atoms with Gasteiger partial charge in [0.1, 0.15) is 5.70 Å². The molecule has 1 N–H and O–H groups in total. The van der Waals surface area contributed by atoms with Crippen LogP contribution in [0, 0.1) is 6.92 Å². The average molecular weight is 418 g/mol. The van der Waals surface area contributed by atoms with Crippen molar-refractivity contribution in [1.29, 1.82) is 0 Å². The number of aliphatic hydroxyl groups is 1. The summed E-state index contributed by atoms with van der Waals surface area (Å²) in [6.45, 7) is 1.50. The zero-order valence-electron chi connectivity index (χ0n) is 16.5. The molecule has 0 radical (unpaired) electrons. The van der Waals surface area contributed by atoms with Gasteiger partial charge >= 0.3 is 6.18 Å². The molecule has 0 saturated carbocycles. The predicted octanol–water partition coefficient (Wildman–Crippen LogP) is 3.22. The summed E-state index contributed by atoms with van der Waals surface area (Å²) in [7, 11) is 1.58. The van der Waals surface area contributed by atoms with Gasteiger partial charge in [0.05, 0.1) is 24.3 Å². The lowest BCUT2D eigenvalue weighted by Gasteiger charge is -2.20. The van der Waals surface area contributed by atoms with Gasteiger partial charge in [-0.3, -0.25) is 14.5 Å². The van der Waals surface area contributed by atoms with Crippen molar-refractivity contribution in [1.82, 2.24) is 9.80 Å². The number of nitrogens with zero attached hydrogens (tertiary/aromatic N) is 2. The molecule has 8 heteroatoms. The van der Waals surface area contributed by atoms with Gasteiger partial charge in [0, 0.05) is 13.6 Å². The number of rotatable bonds is 6. The number of benzene rings is 2. The van der Waals surface area contributed by atoms with Crippen LogP contribution in [-0.2, 0) is 22.3 Å². The van der Waals surface area contributed by atoms with Crippen molar-refractivity contribution in [2.45, 2.75) is 19.6 Å². The molecule has 0 atom stereocenters. The van der Waals surface area contributed by atoms with Gasteiger partial charge < -0.3 is 10.0 Å². The zero-order chi connectivity index (χ0) is 22.1.